The summed E-state index contributed by atoms with van der Waals surface area (Å²) < 4.78 is 5.13. The number of carboxylic acids is 2. The number of nitro benzene ring substituents is 1. The first kappa shape index (κ1) is 29.3. The zero-order valence-corrected chi connectivity index (χ0v) is 19.0. The zero-order valence-electron chi connectivity index (χ0n) is 19.0. The number of methoxy groups -OCH3 is 1. The van der Waals surface area contributed by atoms with Gasteiger partial charge in [-0.2, -0.15) is 0 Å². The van der Waals surface area contributed by atoms with Crippen molar-refractivity contribution in [1.82, 2.24) is 0 Å². The molecule has 192 valence electrons. The van der Waals surface area contributed by atoms with Gasteiger partial charge >= 0.3 is 11.7 Å². The van der Waals surface area contributed by atoms with Gasteiger partial charge in [0.25, 0.3) is 0 Å². The molecule has 4 atom stereocenters. The number of hydrogen-bond donors (Lipinski definition) is 6. The van der Waals surface area contributed by atoms with E-state index in [-0.39, 0.29) is 6.04 Å². The molecule has 7 N–H and O–H groups in total. The monoisotopic (exact) mass is 496 g/mol. The summed E-state index contributed by atoms with van der Waals surface area (Å²) in [4.78, 5) is 29.6. The number of carbonyl (C=O) groups excluding carboxylic acids is 1. The maximum atomic E-state index is 10.9. The third-order valence-corrected chi connectivity index (χ3v) is 4.85. The Hall–Kier alpha value is -3.78. The number of phenols is 1. The van der Waals surface area contributed by atoms with Gasteiger partial charge in [0.05, 0.1) is 24.0 Å². The van der Waals surface area contributed by atoms with Crippen LogP contribution >= 0.6 is 0 Å². The van der Waals surface area contributed by atoms with E-state index >= 15 is 0 Å². The van der Waals surface area contributed by atoms with Crippen molar-refractivity contribution in [3.8, 4) is 11.5 Å². The Balaban J connectivity index is 0.000000518. The molecule has 2 aromatic rings. The normalized spacial score (nSPS) is 14.0. The molecule has 2 rings (SSSR count). The van der Waals surface area contributed by atoms with Crippen LogP contribution < -0.4 is 15.2 Å². The lowest BCUT2D eigenvalue weighted by Gasteiger charge is -2.15. The fraction of sp³-hybridized carbons (Fsp3) is 0.364. The number of hydrogen-bond acceptors (Lipinski definition) is 10. The number of nitro groups is 1. The van der Waals surface area contributed by atoms with Gasteiger partial charge in [0, 0.05) is 12.5 Å². The number of carbonyl (C=O) groups is 2. The third-order valence-electron chi connectivity index (χ3n) is 4.85. The highest BCUT2D eigenvalue weighted by molar-refractivity contribution is 5.82. The summed E-state index contributed by atoms with van der Waals surface area (Å²) in [5.41, 5.74) is 1.18. The zero-order chi connectivity index (χ0) is 26.7. The molecule has 0 saturated heterocycles. The molecule has 13 heteroatoms. The molecule has 0 fully saturated rings. The molecule has 35 heavy (non-hydrogen) atoms. The molecule has 13 nitrogen and oxygen atoms in total. The Labute approximate surface area is 200 Å². The molecule has 0 unspecified atom stereocenters. The predicted molar refractivity (Wildman–Crippen MR) is 117 cm³/mol. The van der Waals surface area contributed by atoms with Crippen molar-refractivity contribution >= 4 is 17.6 Å². The molecule has 0 amide bonds. The minimum atomic E-state index is -2.38. The second-order valence-corrected chi connectivity index (χ2v) is 7.57. The van der Waals surface area contributed by atoms with Gasteiger partial charge < -0.3 is 45.5 Å². The van der Waals surface area contributed by atoms with E-state index < -0.39 is 46.6 Å². The van der Waals surface area contributed by atoms with Crippen LogP contribution in [-0.4, -0.2) is 74.3 Å². The molecule has 0 bridgehead atoms. The van der Waals surface area contributed by atoms with Gasteiger partial charge in [0.2, 0.25) is 0 Å². The van der Waals surface area contributed by atoms with Crippen LogP contribution in [-0.2, 0) is 16.0 Å². The summed E-state index contributed by atoms with van der Waals surface area (Å²) in [6.45, 7) is 2.43. The summed E-state index contributed by atoms with van der Waals surface area (Å²) in [5.74, 6) is -3.42. The van der Waals surface area contributed by atoms with Crippen LogP contribution in [0.4, 0.5) is 5.69 Å². The van der Waals surface area contributed by atoms with Gasteiger partial charge in [0.15, 0.2) is 11.9 Å². The maximum Gasteiger partial charge on any atom is 0.335 e. The van der Waals surface area contributed by atoms with Crippen LogP contribution in [0.1, 0.15) is 24.2 Å². The van der Waals surface area contributed by atoms with Crippen molar-refractivity contribution in [2.75, 3.05) is 13.7 Å². The average Bonchev–Trinajstić information content (AvgIpc) is 2.82. The molecule has 0 aliphatic rings. The molecule has 0 aliphatic heterocycles. The number of ether oxygens (including phenoxy) is 1. The number of aromatic hydroxyl groups is 1. The lowest BCUT2D eigenvalue weighted by molar-refractivity contribution is -0.692. The van der Waals surface area contributed by atoms with E-state index in [0.29, 0.717) is 12.1 Å². The van der Waals surface area contributed by atoms with E-state index in [9.17, 15) is 35.0 Å². The van der Waals surface area contributed by atoms with Gasteiger partial charge in [-0.25, -0.2) is 4.79 Å². The van der Waals surface area contributed by atoms with E-state index in [1.807, 2.05) is 29.6 Å². The summed E-state index contributed by atoms with van der Waals surface area (Å²) in [5, 5.41) is 66.7. The number of aliphatic hydroxyl groups is 3. The summed E-state index contributed by atoms with van der Waals surface area (Å²) in [7, 11) is 1.63. The van der Waals surface area contributed by atoms with Gasteiger partial charge in [0.1, 0.15) is 24.5 Å². The standard InChI is InChI=1S/C18H22N2O5.C4H6O6/c1-12(9-13-3-6-15(25-2)7-4-13)19-11-18(22)14-5-8-17(21)16(10-14)20(23)24;5-1(3(7)8)2(6)4(9)10/h3-8,10,12,18-19,21-22H,9,11H2,1-2H3;1-2,5-6H,(H,7,8)(H,9,10)/t12-,18+;1-,2-/m11/s1. The van der Waals surface area contributed by atoms with Gasteiger partial charge in [-0.15, -0.1) is 0 Å². The van der Waals surface area contributed by atoms with Crippen molar-refractivity contribution in [2.45, 2.75) is 37.7 Å². The quantitative estimate of drug-likeness (QED) is 0.148. The van der Waals surface area contributed by atoms with Crippen LogP contribution in [0.25, 0.3) is 0 Å². The second kappa shape index (κ2) is 13.8. The van der Waals surface area contributed by atoms with E-state index in [0.717, 1.165) is 12.2 Å². The molecule has 2 aromatic carbocycles. The molecule has 0 radical (unpaired) electrons. The predicted octanol–water partition coefficient (Wildman–Crippen LogP) is -1.92. The highest BCUT2D eigenvalue weighted by Gasteiger charge is 2.24. The van der Waals surface area contributed by atoms with Crippen LogP contribution in [0.2, 0.25) is 0 Å². The molecular weight excluding hydrogens is 468 g/mol. The van der Waals surface area contributed by atoms with E-state index in [4.69, 9.17) is 20.1 Å². The van der Waals surface area contributed by atoms with Crippen molar-refractivity contribution in [3.63, 3.8) is 0 Å². The minimum absolute atomic E-state index is 0.232. The van der Waals surface area contributed by atoms with E-state index in [1.165, 1.54) is 23.8 Å². The Bertz CT molecular complexity index is 979. The first-order valence-electron chi connectivity index (χ1n) is 10.3. The molecule has 0 saturated carbocycles. The number of phenolic OH excluding ortho intramolecular Hbond substituents is 1. The molecule has 0 aliphatic carbocycles. The largest absolute Gasteiger partial charge is 0.547 e. The number of carboxylic acid groups (broad SMARTS) is 2. The number of aliphatic carboxylic acids is 2. The van der Waals surface area contributed by atoms with Crippen molar-refractivity contribution < 1.29 is 55.2 Å². The SMILES string of the molecule is COc1ccc(C[C@@H](C)[NH2+]C[C@H](O)c2ccc(O)c([N+](=O)[O-])c2)cc1.O=C([O-])[C@H](O)[C@@H](O)C(=O)O. The topological polar surface area (TPSA) is 227 Å². The highest BCUT2D eigenvalue weighted by Crippen LogP contribution is 2.28. The van der Waals surface area contributed by atoms with Crippen LogP contribution in [0.15, 0.2) is 42.5 Å². The molecule has 0 heterocycles. The lowest BCUT2D eigenvalue weighted by atomic mass is 10.1. The molecule has 0 spiro atoms. The van der Waals surface area contributed by atoms with Crippen LogP contribution in [0.5, 0.6) is 11.5 Å². The molecule has 0 aromatic heterocycles. The summed E-state index contributed by atoms with van der Waals surface area (Å²) in [6.07, 6.45) is -4.73. The Kier molecular flexibility index (Phi) is 11.5. The lowest BCUT2D eigenvalue weighted by Crippen LogP contribution is -2.90. The van der Waals surface area contributed by atoms with Gasteiger partial charge in [-0.1, -0.05) is 18.2 Å². The second-order valence-electron chi connectivity index (χ2n) is 7.57. The van der Waals surface area contributed by atoms with Crippen molar-refractivity contribution in [3.05, 3.63) is 63.7 Å². The van der Waals surface area contributed by atoms with Crippen molar-refractivity contribution in [1.29, 1.82) is 0 Å². The Morgan fingerprint density at radius 2 is 1.69 bits per heavy atom. The first-order valence-corrected chi connectivity index (χ1v) is 10.3. The smallest absolute Gasteiger partial charge is 0.335 e. The average molecular weight is 496 g/mol. The van der Waals surface area contributed by atoms with E-state index in [2.05, 4.69) is 6.92 Å². The van der Waals surface area contributed by atoms with Crippen LogP contribution in [0.3, 0.4) is 0 Å². The fourth-order valence-corrected chi connectivity index (χ4v) is 2.87. The molecular formula is C22H28N2O11. The Morgan fingerprint density at radius 1 is 1.09 bits per heavy atom. The fourth-order valence-electron chi connectivity index (χ4n) is 2.87. The van der Waals surface area contributed by atoms with Gasteiger partial charge in [-0.05, 0) is 36.2 Å². The number of aliphatic hydroxyl groups excluding tert-OH is 3. The Morgan fingerprint density at radius 3 is 2.14 bits per heavy atom. The number of quaternary nitrogens is 1. The number of rotatable bonds is 11. The van der Waals surface area contributed by atoms with Gasteiger partial charge in [-0.3, -0.25) is 10.1 Å². The van der Waals surface area contributed by atoms with E-state index in [1.54, 1.807) is 7.11 Å². The minimum Gasteiger partial charge on any atom is -0.547 e. The summed E-state index contributed by atoms with van der Waals surface area (Å²) >= 11 is 0. The number of nitrogens with two attached hydrogens (primary N) is 1. The van der Waals surface area contributed by atoms with Crippen LogP contribution in [0, 0.1) is 10.1 Å². The summed E-state index contributed by atoms with van der Waals surface area (Å²) in [6, 6.07) is 12.0. The number of nitrogens with zero attached hydrogens (tertiary/aromatic N) is 1. The maximum absolute atomic E-state index is 10.9. The highest BCUT2D eigenvalue weighted by atomic mass is 16.6. The van der Waals surface area contributed by atoms with Crippen molar-refractivity contribution in [2.24, 2.45) is 0 Å². The number of benzene rings is 2. The third kappa shape index (κ3) is 9.54. The first-order chi connectivity index (χ1) is 16.4.